The number of methoxy groups -OCH3 is 1. The van der Waals surface area contributed by atoms with Crippen molar-refractivity contribution >= 4 is 46.1 Å². The Labute approximate surface area is 197 Å². The van der Waals surface area contributed by atoms with E-state index >= 15 is 0 Å². The minimum absolute atomic E-state index is 0.256. The number of amides is 1. The van der Waals surface area contributed by atoms with Gasteiger partial charge in [-0.15, -0.1) is 0 Å². The average molecular weight is 480 g/mol. The largest absolute Gasteiger partial charge is 0.466 e. The lowest BCUT2D eigenvalue weighted by atomic mass is 9.96. The maximum Gasteiger partial charge on any atom is 0.338 e. The Morgan fingerprint density at radius 1 is 1.12 bits per heavy atom. The fourth-order valence-electron chi connectivity index (χ4n) is 4.29. The van der Waals surface area contributed by atoms with E-state index in [-0.39, 0.29) is 21.6 Å². The van der Waals surface area contributed by atoms with Crippen molar-refractivity contribution in [3.8, 4) is 0 Å². The molecule has 2 aliphatic heterocycles. The maximum absolute atomic E-state index is 13.8. The zero-order chi connectivity index (χ0) is 23.4. The number of thiazole rings is 1. The van der Waals surface area contributed by atoms with Crippen LogP contribution in [0.25, 0.3) is 5.57 Å². The fraction of sp³-hybridized carbons (Fsp3) is 0.167. The fourth-order valence-corrected chi connectivity index (χ4v) is 5.56. The first-order valence-electron chi connectivity index (χ1n) is 10.1. The van der Waals surface area contributed by atoms with E-state index in [2.05, 4.69) is 4.99 Å². The van der Waals surface area contributed by atoms with Gasteiger partial charge in [0.05, 0.1) is 35.7 Å². The first-order valence-corrected chi connectivity index (χ1v) is 11.3. The Balaban J connectivity index is 1.85. The van der Waals surface area contributed by atoms with Gasteiger partial charge in [0.15, 0.2) is 4.80 Å². The van der Waals surface area contributed by atoms with Gasteiger partial charge < -0.3 is 9.64 Å². The number of ether oxygens (including phenoxy) is 1. The lowest BCUT2D eigenvalue weighted by Gasteiger charge is -2.24. The summed E-state index contributed by atoms with van der Waals surface area (Å²) >= 11 is 7.21. The van der Waals surface area contributed by atoms with Gasteiger partial charge >= 0.3 is 5.97 Å². The van der Waals surface area contributed by atoms with E-state index in [0.29, 0.717) is 32.2 Å². The van der Waals surface area contributed by atoms with Crippen LogP contribution in [0, 0.1) is 0 Å². The molecule has 1 aromatic heterocycles. The van der Waals surface area contributed by atoms with Gasteiger partial charge in [0, 0.05) is 17.6 Å². The number of carbonyl (C=O) groups excluding carboxylic acids is 2. The standard InChI is InChI=1S/C24H18ClN3O4S/c1-12-17(23(31)32-3)19(13-8-10-14(25)11-9-13)28-22(30)20(33-24(28)26-12)18-15-6-4-5-7-16(15)27(2)21(18)29/h4-11,19H,1-3H3/b20-18+/t19-/m0/s1. The number of allylic oxidation sites excluding steroid dienone is 1. The van der Waals surface area contributed by atoms with E-state index in [0.717, 1.165) is 17.0 Å². The molecule has 3 heterocycles. The van der Waals surface area contributed by atoms with E-state index in [4.69, 9.17) is 16.3 Å². The predicted molar refractivity (Wildman–Crippen MR) is 126 cm³/mol. The lowest BCUT2D eigenvalue weighted by molar-refractivity contribution is -0.136. The molecule has 1 amide bonds. The third-order valence-corrected chi connectivity index (χ3v) is 7.17. The minimum atomic E-state index is -0.759. The smallest absolute Gasteiger partial charge is 0.338 e. The number of para-hydroxylation sites is 1. The summed E-state index contributed by atoms with van der Waals surface area (Å²) in [6, 6.07) is 13.5. The van der Waals surface area contributed by atoms with Gasteiger partial charge in [0.2, 0.25) is 0 Å². The number of nitrogens with zero attached hydrogens (tertiary/aromatic N) is 3. The number of hydrogen-bond donors (Lipinski definition) is 0. The van der Waals surface area contributed by atoms with Gasteiger partial charge in [-0.1, -0.05) is 53.3 Å². The Morgan fingerprint density at radius 2 is 1.82 bits per heavy atom. The van der Waals surface area contributed by atoms with Crippen LogP contribution in [0.5, 0.6) is 0 Å². The summed E-state index contributed by atoms with van der Waals surface area (Å²) in [5, 5.41) is 0.532. The zero-order valence-electron chi connectivity index (χ0n) is 18.0. The number of benzene rings is 2. The summed E-state index contributed by atoms with van der Waals surface area (Å²) in [5.74, 6) is -0.829. The summed E-state index contributed by atoms with van der Waals surface area (Å²) in [7, 11) is 2.97. The molecule has 0 aliphatic carbocycles. The number of esters is 1. The number of fused-ring (bicyclic) bond motifs is 2. The highest BCUT2D eigenvalue weighted by Crippen LogP contribution is 2.34. The third-order valence-electron chi connectivity index (χ3n) is 5.87. The molecule has 0 N–H and O–H groups in total. The van der Waals surface area contributed by atoms with Crippen LogP contribution < -0.4 is 19.8 Å². The van der Waals surface area contributed by atoms with Crippen molar-refractivity contribution in [1.29, 1.82) is 0 Å². The molecule has 0 fully saturated rings. The quantitative estimate of drug-likeness (QED) is 0.529. The molecule has 7 nitrogen and oxygen atoms in total. The number of carbonyl (C=O) groups is 2. The van der Waals surface area contributed by atoms with Crippen molar-refractivity contribution in [3.05, 3.63) is 95.6 Å². The number of rotatable bonds is 2. The molecule has 0 radical (unpaired) electrons. The van der Waals surface area contributed by atoms with E-state index < -0.39 is 12.0 Å². The first kappa shape index (κ1) is 21.4. The van der Waals surface area contributed by atoms with Crippen LogP contribution in [-0.4, -0.2) is 30.6 Å². The predicted octanol–water partition coefficient (Wildman–Crippen LogP) is 2.41. The van der Waals surface area contributed by atoms with Crippen molar-refractivity contribution in [2.45, 2.75) is 13.0 Å². The second kappa shape index (κ2) is 7.83. The normalized spacial score (nSPS) is 18.7. The molecule has 9 heteroatoms. The SMILES string of the molecule is COC(=O)C1=C(C)N=c2s/c(=C3/C(=O)N(C)c4ccccc43)c(=O)n2[C@H]1c1ccc(Cl)cc1. The number of aromatic nitrogens is 1. The van der Waals surface area contributed by atoms with Crippen LogP contribution in [0.15, 0.2) is 69.6 Å². The number of halogens is 1. The molecule has 2 aliphatic rings. The Bertz CT molecular complexity index is 1550. The molecule has 33 heavy (non-hydrogen) atoms. The number of likely N-dealkylation sites (N-methyl/N-ethyl adjacent to an activating group) is 1. The van der Waals surface area contributed by atoms with Crippen LogP contribution in [0.1, 0.15) is 24.1 Å². The van der Waals surface area contributed by atoms with E-state index in [1.807, 2.05) is 24.3 Å². The Kier molecular flexibility index (Phi) is 5.07. The molecular weight excluding hydrogens is 462 g/mol. The Hall–Kier alpha value is -3.49. The van der Waals surface area contributed by atoms with Crippen molar-refractivity contribution in [2.75, 3.05) is 19.1 Å². The molecule has 1 atom stereocenters. The molecule has 0 unspecified atom stereocenters. The summed E-state index contributed by atoms with van der Waals surface area (Å²) in [6.07, 6.45) is 0. The van der Waals surface area contributed by atoms with Crippen molar-refractivity contribution < 1.29 is 14.3 Å². The van der Waals surface area contributed by atoms with Crippen LogP contribution in [-0.2, 0) is 14.3 Å². The van der Waals surface area contributed by atoms with Gasteiger partial charge in [-0.2, -0.15) is 0 Å². The van der Waals surface area contributed by atoms with Crippen LogP contribution in [0.4, 0.5) is 5.69 Å². The second-order valence-electron chi connectivity index (χ2n) is 7.70. The average Bonchev–Trinajstić information content (AvgIpc) is 3.26. The van der Waals surface area contributed by atoms with Crippen LogP contribution in [0.2, 0.25) is 5.02 Å². The van der Waals surface area contributed by atoms with E-state index in [9.17, 15) is 14.4 Å². The van der Waals surface area contributed by atoms with Gasteiger partial charge in [-0.25, -0.2) is 9.79 Å². The van der Waals surface area contributed by atoms with E-state index in [1.165, 1.54) is 16.6 Å². The van der Waals surface area contributed by atoms with Crippen molar-refractivity contribution in [3.63, 3.8) is 0 Å². The van der Waals surface area contributed by atoms with Crippen LogP contribution in [0.3, 0.4) is 0 Å². The molecule has 0 saturated carbocycles. The molecule has 0 spiro atoms. The molecule has 5 rings (SSSR count). The minimum Gasteiger partial charge on any atom is -0.466 e. The van der Waals surface area contributed by atoms with E-state index in [1.54, 1.807) is 38.2 Å². The second-order valence-corrected chi connectivity index (χ2v) is 9.12. The summed E-state index contributed by atoms with van der Waals surface area (Å²) in [6.45, 7) is 1.71. The molecule has 3 aromatic rings. The number of hydrogen-bond acceptors (Lipinski definition) is 6. The first-order chi connectivity index (χ1) is 15.8. The molecule has 0 bridgehead atoms. The maximum atomic E-state index is 13.8. The monoisotopic (exact) mass is 479 g/mol. The highest BCUT2D eigenvalue weighted by molar-refractivity contribution is 7.07. The van der Waals surface area contributed by atoms with Crippen LogP contribution >= 0.6 is 22.9 Å². The van der Waals surface area contributed by atoms with Gasteiger partial charge in [0.1, 0.15) is 4.53 Å². The summed E-state index contributed by atoms with van der Waals surface area (Å²) < 4.78 is 6.76. The van der Waals surface area contributed by atoms with Gasteiger partial charge in [-0.3, -0.25) is 14.2 Å². The van der Waals surface area contributed by atoms with Crippen molar-refractivity contribution in [1.82, 2.24) is 4.57 Å². The third kappa shape index (κ3) is 3.17. The molecule has 0 saturated heterocycles. The van der Waals surface area contributed by atoms with Gasteiger partial charge in [-0.05, 0) is 30.7 Å². The van der Waals surface area contributed by atoms with Gasteiger partial charge in [0.25, 0.3) is 11.5 Å². The highest BCUT2D eigenvalue weighted by atomic mass is 35.5. The van der Waals surface area contributed by atoms with Crippen molar-refractivity contribution in [2.24, 2.45) is 4.99 Å². The zero-order valence-corrected chi connectivity index (χ0v) is 19.5. The highest BCUT2D eigenvalue weighted by Gasteiger charge is 2.36. The number of anilines is 1. The molecule has 2 aromatic carbocycles. The summed E-state index contributed by atoms with van der Waals surface area (Å²) in [5.41, 5.74) is 2.79. The molecule has 166 valence electrons. The summed E-state index contributed by atoms with van der Waals surface area (Å²) in [4.78, 5) is 46.1. The molecular formula is C24H18ClN3O4S. The lowest BCUT2D eigenvalue weighted by Crippen LogP contribution is -2.40. The topological polar surface area (TPSA) is 81.0 Å². The Morgan fingerprint density at radius 3 is 2.52 bits per heavy atom.